The van der Waals surface area contributed by atoms with E-state index in [0.29, 0.717) is 18.9 Å². The molecule has 0 saturated carbocycles. The van der Waals surface area contributed by atoms with Gasteiger partial charge in [0.25, 0.3) is 0 Å². The molecule has 0 atom stereocenters. The van der Waals surface area contributed by atoms with Crippen LogP contribution in [0.3, 0.4) is 0 Å². The monoisotopic (exact) mass is 377 g/mol. The maximum atomic E-state index is 12.2. The number of aryl methyl sites for hydroxylation is 1. The number of hydrogen-bond acceptors (Lipinski definition) is 5. The van der Waals surface area contributed by atoms with Crippen molar-refractivity contribution in [3.8, 4) is 11.5 Å². The smallest absolute Gasteiger partial charge is 0.221 e. The van der Waals surface area contributed by atoms with Gasteiger partial charge in [0.1, 0.15) is 18.1 Å². The average Bonchev–Trinajstić information content (AvgIpc) is 2.64. The van der Waals surface area contributed by atoms with Crippen LogP contribution in [0.4, 0.5) is 0 Å². The fourth-order valence-electron chi connectivity index (χ4n) is 2.21. The molecule has 0 aliphatic rings. The van der Waals surface area contributed by atoms with E-state index >= 15 is 0 Å². The van der Waals surface area contributed by atoms with Crippen molar-refractivity contribution in [2.24, 2.45) is 0 Å². The summed E-state index contributed by atoms with van der Waals surface area (Å²) in [5.41, 5.74) is 0.985. The van der Waals surface area contributed by atoms with Crippen LogP contribution < -0.4 is 14.8 Å². The van der Waals surface area contributed by atoms with Crippen molar-refractivity contribution >= 4 is 15.7 Å². The minimum Gasteiger partial charge on any atom is -0.497 e. The highest BCUT2D eigenvalue weighted by Crippen LogP contribution is 2.16. The van der Waals surface area contributed by atoms with Gasteiger partial charge >= 0.3 is 0 Å². The number of amides is 1. The first kappa shape index (κ1) is 19.8. The highest BCUT2D eigenvalue weighted by atomic mass is 32.2. The Balaban J connectivity index is 1.70. The van der Waals surface area contributed by atoms with Gasteiger partial charge in [0.05, 0.1) is 24.3 Å². The molecule has 0 aliphatic heterocycles. The summed E-state index contributed by atoms with van der Waals surface area (Å²) in [6.45, 7) is 2.48. The zero-order valence-electron chi connectivity index (χ0n) is 14.9. The number of methoxy groups -OCH3 is 1. The summed E-state index contributed by atoms with van der Waals surface area (Å²) in [6, 6.07) is 13.7. The van der Waals surface area contributed by atoms with Crippen molar-refractivity contribution in [2.75, 3.05) is 26.0 Å². The van der Waals surface area contributed by atoms with Crippen LogP contribution in [0.25, 0.3) is 0 Å². The lowest BCUT2D eigenvalue weighted by atomic mass is 10.2. The van der Waals surface area contributed by atoms with Gasteiger partial charge in [-0.2, -0.15) is 0 Å². The molecule has 0 bridgehead atoms. The van der Waals surface area contributed by atoms with Crippen LogP contribution in [-0.4, -0.2) is 40.3 Å². The molecular weight excluding hydrogens is 354 g/mol. The Morgan fingerprint density at radius 2 is 1.62 bits per heavy atom. The standard InChI is InChI=1S/C19H23NO5S/c1-15-3-9-18(10-4-15)26(22,23)14-11-19(21)20-12-13-25-17-7-5-16(24-2)6-8-17/h3-10H,11-14H2,1-2H3,(H,20,21). The fraction of sp³-hybridized carbons (Fsp3) is 0.316. The van der Waals surface area contributed by atoms with Gasteiger partial charge in [-0.15, -0.1) is 0 Å². The summed E-state index contributed by atoms with van der Waals surface area (Å²) in [4.78, 5) is 12.1. The molecule has 6 nitrogen and oxygen atoms in total. The van der Waals surface area contributed by atoms with Crippen molar-refractivity contribution in [1.29, 1.82) is 0 Å². The first-order valence-corrected chi connectivity index (χ1v) is 9.89. The SMILES string of the molecule is COc1ccc(OCCNC(=O)CCS(=O)(=O)c2ccc(C)cc2)cc1. The second kappa shape index (κ2) is 9.24. The molecule has 0 heterocycles. The topological polar surface area (TPSA) is 81.7 Å². The average molecular weight is 377 g/mol. The van der Waals surface area contributed by atoms with Crippen molar-refractivity contribution in [3.63, 3.8) is 0 Å². The third kappa shape index (κ3) is 6.07. The largest absolute Gasteiger partial charge is 0.497 e. The van der Waals surface area contributed by atoms with Gasteiger partial charge in [0.15, 0.2) is 9.84 Å². The third-order valence-corrected chi connectivity index (χ3v) is 5.46. The van der Waals surface area contributed by atoms with Gasteiger partial charge in [-0.3, -0.25) is 4.79 Å². The lowest BCUT2D eigenvalue weighted by Crippen LogP contribution is -2.29. The van der Waals surface area contributed by atoms with Crippen LogP contribution in [0.2, 0.25) is 0 Å². The number of carbonyl (C=O) groups is 1. The summed E-state index contributed by atoms with van der Waals surface area (Å²) < 4.78 is 35.0. The van der Waals surface area contributed by atoms with Crippen molar-refractivity contribution < 1.29 is 22.7 Å². The number of sulfone groups is 1. The van der Waals surface area contributed by atoms with Gasteiger partial charge in [-0.05, 0) is 43.3 Å². The summed E-state index contributed by atoms with van der Waals surface area (Å²) in [5, 5.41) is 2.66. The molecule has 1 amide bonds. The quantitative estimate of drug-likeness (QED) is 0.679. The minimum absolute atomic E-state index is 0.0846. The number of ether oxygens (including phenoxy) is 2. The van der Waals surface area contributed by atoms with E-state index in [1.165, 1.54) is 0 Å². The molecule has 2 aromatic rings. The molecule has 0 aliphatic carbocycles. The second-order valence-corrected chi connectivity index (χ2v) is 7.87. The minimum atomic E-state index is -3.46. The van der Waals surface area contributed by atoms with E-state index in [1.807, 2.05) is 6.92 Å². The van der Waals surface area contributed by atoms with Crippen LogP contribution >= 0.6 is 0 Å². The maximum absolute atomic E-state index is 12.2. The summed E-state index contributed by atoms with van der Waals surface area (Å²) in [6.07, 6.45) is -0.0846. The van der Waals surface area contributed by atoms with Crippen LogP contribution in [0.15, 0.2) is 53.4 Å². The summed E-state index contributed by atoms with van der Waals surface area (Å²) >= 11 is 0. The molecule has 7 heteroatoms. The van der Waals surface area contributed by atoms with E-state index in [2.05, 4.69) is 5.32 Å². The molecule has 0 radical (unpaired) electrons. The molecule has 26 heavy (non-hydrogen) atoms. The Bertz CT molecular complexity index is 814. The zero-order chi connectivity index (χ0) is 19.0. The van der Waals surface area contributed by atoms with Crippen LogP contribution in [0.5, 0.6) is 11.5 Å². The molecule has 0 unspecified atom stereocenters. The lowest BCUT2D eigenvalue weighted by molar-refractivity contribution is -0.120. The Labute approximate surface area is 154 Å². The molecule has 1 N–H and O–H groups in total. The summed E-state index contributed by atoms with van der Waals surface area (Å²) in [5.74, 6) is 0.864. The van der Waals surface area contributed by atoms with Crippen LogP contribution in [-0.2, 0) is 14.6 Å². The number of nitrogens with one attached hydrogen (secondary N) is 1. The first-order valence-electron chi connectivity index (χ1n) is 8.24. The van der Waals surface area contributed by atoms with E-state index in [9.17, 15) is 13.2 Å². The Morgan fingerprint density at radius 1 is 1.00 bits per heavy atom. The van der Waals surface area contributed by atoms with Gasteiger partial charge in [-0.25, -0.2) is 8.42 Å². The van der Waals surface area contributed by atoms with E-state index < -0.39 is 9.84 Å². The number of carbonyl (C=O) groups excluding carboxylic acids is 1. The molecule has 140 valence electrons. The van der Waals surface area contributed by atoms with E-state index in [-0.39, 0.29) is 23.0 Å². The lowest BCUT2D eigenvalue weighted by Gasteiger charge is -2.09. The highest BCUT2D eigenvalue weighted by Gasteiger charge is 2.16. The fourth-order valence-corrected chi connectivity index (χ4v) is 3.45. The van der Waals surface area contributed by atoms with Gasteiger partial charge in [0.2, 0.25) is 5.91 Å². The Morgan fingerprint density at radius 3 is 2.23 bits per heavy atom. The third-order valence-electron chi connectivity index (χ3n) is 3.73. The van der Waals surface area contributed by atoms with Gasteiger partial charge < -0.3 is 14.8 Å². The van der Waals surface area contributed by atoms with E-state index in [1.54, 1.807) is 55.6 Å². The predicted molar refractivity (Wildman–Crippen MR) is 99.3 cm³/mol. The maximum Gasteiger partial charge on any atom is 0.221 e. The molecule has 2 aromatic carbocycles. The van der Waals surface area contributed by atoms with Crippen LogP contribution in [0.1, 0.15) is 12.0 Å². The van der Waals surface area contributed by atoms with Gasteiger partial charge in [0, 0.05) is 6.42 Å². The molecular formula is C19H23NO5S. The van der Waals surface area contributed by atoms with E-state index in [4.69, 9.17) is 9.47 Å². The van der Waals surface area contributed by atoms with Crippen molar-refractivity contribution in [3.05, 3.63) is 54.1 Å². The van der Waals surface area contributed by atoms with E-state index in [0.717, 1.165) is 11.3 Å². The molecule has 0 spiro atoms. The number of rotatable bonds is 9. The predicted octanol–water partition coefficient (Wildman–Crippen LogP) is 2.36. The zero-order valence-corrected chi connectivity index (χ0v) is 15.7. The molecule has 0 saturated heterocycles. The van der Waals surface area contributed by atoms with Crippen molar-refractivity contribution in [2.45, 2.75) is 18.2 Å². The Kier molecular flexibility index (Phi) is 7.03. The molecule has 0 fully saturated rings. The highest BCUT2D eigenvalue weighted by molar-refractivity contribution is 7.91. The first-order chi connectivity index (χ1) is 12.4. The molecule has 0 aromatic heterocycles. The number of benzene rings is 2. The molecule has 2 rings (SSSR count). The van der Waals surface area contributed by atoms with Gasteiger partial charge in [-0.1, -0.05) is 17.7 Å². The van der Waals surface area contributed by atoms with Crippen LogP contribution in [0, 0.1) is 6.92 Å². The Hall–Kier alpha value is -2.54. The normalized spacial score (nSPS) is 11.0. The summed E-state index contributed by atoms with van der Waals surface area (Å²) in [7, 11) is -1.87. The van der Waals surface area contributed by atoms with Crippen molar-refractivity contribution in [1.82, 2.24) is 5.32 Å². The second-order valence-electron chi connectivity index (χ2n) is 5.76. The number of hydrogen-bond donors (Lipinski definition) is 1.